The van der Waals surface area contributed by atoms with Crippen molar-refractivity contribution in [3.8, 4) is 11.3 Å². The molecule has 0 fully saturated rings. The van der Waals surface area contributed by atoms with Crippen molar-refractivity contribution in [2.24, 2.45) is 4.99 Å². The summed E-state index contributed by atoms with van der Waals surface area (Å²) >= 11 is 0. The predicted molar refractivity (Wildman–Crippen MR) is 90.7 cm³/mol. The molecule has 3 heterocycles. The fraction of sp³-hybridized carbons (Fsp3) is 0.105. The van der Waals surface area contributed by atoms with Gasteiger partial charge in [-0.15, -0.1) is 0 Å². The zero-order valence-corrected chi connectivity index (χ0v) is 13.6. The molecule has 1 aliphatic rings. The highest BCUT2D eigenvalue weighted by Gasteiger charge is 2.30. The number of benzene rings is 1. The van der Waals surface area contributed by atoms with Gasteiger partial charge in [0.1, 0.15) is 28.5 Å². The molecule has 4 rings (SSSR count). The van der Waals surface area contributed by atoms with Crippen LogP contribution < -0.4 is 0 Å². The van der Waals surface area contributed by atoms with Crippen molar-refractivity contribution >= 4 is 17.9 Å². The van der Waals surface area contributed by atoms with E-state index in [2.05, 4.69) is 10.1 Å². The molecule has 1 aliphatic heterocycles. The second-order valence-electron chi connectivity index (χ2n) is 5.61. The number of hydrogen-bond acceptors (Lipinski definition) is 6. The van der Waals surface area contributed by atoms with Crippen LogP contribution in [0.5, 0.6) is 0 Å². The Morgan fingerprint density at radius 2 is 1.84 bits per heavy atom. The van der Waals surface area contributed by atoms with E-state index >= 15 is 0 Å². The first-order chi connectivity index (χ1) is 12.1. The number of aliphatic imine (C=N–C) groups is 1. The van der Waals surface area contributed by atoms with E-state index < -0.39 is 5.97 Å². The van der Waals surface area contributed by atoms with Crippen LogP contribution in [-0.4, -0.2) is 17.0 Å². The molecule has 0 unspecified atom stereocenters. The van der Waals surface area contributed by atoms with Crippen LogP contribution in [0.25, 0.3) is 17.3 Å². The second-order valence-corrected chi connectivity index (χ2v) is 5.61. The molecule has 6 nitrogen and oxygen atoms in total. The molecule has 3 aromatic rings. The Balaban J connectivity index is 1.76. The summed E-state index contributed by atoms with van der Waals surface area (Å²) in [5.41, 5.74) is 2.18. The summed E-state index contributed by atoms with van der Waals surface area (Å²) in [6.07, 6.45) is 1.55. The Labute approximate surface area is 143 Å². The van der Waals surface area contributed by atoms with Gasteiger partial charge in [0.05, 0.1) is 0 Å². The monoisotopic (exact) mass is 334 g/mol. The summed E-state index contributed by atoms with van der Waals surface area (Å²) in [4.78, 5) is 16.5. The number of esters is 1. The van der Waals surface area contributed by atoms with E-state index in [4.69, 9.17) is 13.7 Å². The highest BCUT2D eigenvalue weighted by Crippen LogP contribution is 2.29. The van der Waals surface area contributed by atoms with Crippen LogP contribution in [0.1, 0.15) is 22.8 Å². The Morgan fingerprint density at radius 3 is 2.56 bits per heavy atom. The Kier molecular flexibility index (Phi) is 3.57. The van der Waals surface area contributed by atoms with Crippen molar-refractivity contribution in [3.05, 3.63) is 71.0 Å². The molecule has 0 radical (unpaired) electrons. The minimum absolute atomic E-state index is 0.170. The summed E-state index contributed by atoms with van der Waals surface area (Å²) in [6.45, 7) is 3.58. The lowest BCUT2D eigenvalue weighted by molar-refractivity contribution is -0.129. The van der Waals surface area contributed by atoms with Gasteiger partial charge >= 0.3 is 5.97 Å². The third-order valence-electron chi connectivity index (χ3n) is 3.78. The predicted octanol–water partition coefficient (Wildman–Crippen LogP) is 3.90. The first kappa shape index (κ1) is 15.1. The van der Waals surface area contributed by atoms with Crippen LogP contribution in [0.2, 0.25) is 0 Å². The molecular weight excluding hydrogens is 320 g/mol. The maximum absolute atomic E-state index is 12.2. The number of ether oxygens (including phenoxy) is 1. The number of rotatable bonds is 3. The molecule has 1 aromatic carbocycles. The molecule has 0 aliphatic carbocycles. The quantitative estimate of drug-likeness (QED) is 0.536. The summed E-state index contributed by atoms with van der Waals surface area (Å²) in [6, 6.07) is 13.1. The van der Waals surface area contributed by atoms with E-state index in [-0.39, 0.29) is 11.6 Å². The van der Waals surface area contributed by atoms with Gasteiger partial charge in [0.25, 0.3) is 0 Å². The average Bonchev–Trinajstić information content (AvgIpc) is 3.29. The maximum atomic E-state index is 12.2. The van der Waals surface area contributed by atoms with E-state index in [1.807, 2.05) is 43.3 Å². The molecule has 25 heavy (non-hydrogen) atoms. The van der Waals surface area contributed by atoms with Crippen molar-refractivity contribution in [1.29, 1.82) is 0 Å². The molecule has 124 valence electrons. The molecular formula is C19H14N2O4. The molecule has 0 amide bonds. The van der Waals surface area contributed by atoms with E-state index in [0.717, 1.165) is 11.3 Å². The van der Waals surface area contributed by atoms with Crippen LogP contribution in [0.15, 0.2) is 62.1 Å². The Morgan fingerprint density at radius 1 is 1.04 bits per heavy atom. The Hall–Kier alpha value is -3.41. The largest absolute Gasteiger partial charge is 0.462 e. The second kappa shape index (κ2) is 5.90. The molecule has 0 saturated carbocycles. The van der Waals surface area contributed by atoms with E-state index in [0.29, 0.717) is 22.8 Å². The number of carbonyl (C=O) groups excluding carboxylic acids is 1. The van der Waals surface area contributed by atoms with Crippen molar-refractivity contribution in [2.75, 3.05) is 0 Å². The smallest absolute Gasteiger partial charge is 0.363 e. The van der Waals surface area contributed by atoms with Gasteiger partial charge in [0, 0.05) is 11.6 Å². The minimum Gasteiger partial charge on any atom is -0.462 e. The van der Waals surface area contributed by atoms with E-state index in [1.165, 1.54) is 0 Å². The lowest BCUT2D eigenvalue weighted by atomic mass is 10.1. The van der Waals surface area contributed by atoms with Crippen molar-refractivity contribution in [2.45, 2.75) is 13.8 Å². The molecule has 0 atom stereocenters. The number of aryl methyl sites for hydroxylation is 2. The third kappa shape index (κ3) is 2.78. The zero-order chi connectivity index (χ0) is 17.4. The fourth-order valence-electron chi connectivity index (χ4n) is 2.60. The zero-order valence-electron chi connectivity index (χ0n) is 13.6. The van der Waals surface area contributed by atoms with Gasteiger partial charge in [-0.1, -0.05) is 35.5 Å². The van der Waals surface area contributed by atoms with Crippen LogP contribution >= 0.6 is 0 Å². The van der Waals surface area contributed by atoms with E-state index in [1.54, 1.807) is 19.1 Å². The van der Waals surface area contributed by atoms with Crippen LogP contribution in [0.4, 0.5) is 0 Å². The number of cyclic esters (lactones) is 1. The number of hydrogen-bond donors (Lipinski definition) is 0. The van der Waals surface area contributed by atoms with E-state index in [9.17, 15) is 4.79 Å². The standard InChI is InChI=1S/C19H14N2O4/c1-11-8-9-14(23-11)10-15-19(22)24-18(20-15)16-12(2)25-21-17(16)13-6-4-3-5-7-13/h3-10H,1-2H3/b15-10+. The fourth-order valence-corrected chi connectivity index (χ4v) is 2.60. The molecule has 6 heteroatoms. The third-order valence-corrected chi connectivity index (χ3v) is 3.78. The summed E-state index contributed by atoms with van der Waals surface area (Å²) in [5, 5.41) is 4.08. The SMILES string of the molecule is Cc1ccc(/C=C2/N=C(c3c(-c4ccccc4)noc3C)OC2=O)o1. The van der Waals surface area contributed by atoms with Gasteiger partial charge in [-0.05, 0) is 26.0 Å². The first-order valence-corrected chi connectivity index (χ1v) is 7.73. The number of nitrogens with zero attached hydrogens (tertiary/aromatic N) is 2. The topological polar surface area (TPSA) is 77.8 Å². The molecule has 0 saturated heterocycles. The van der Waals surface area contributed by atoms with Crippen molar-refractivity contribution in [3.63, 3.8) is 0 Å². The number of carbonyl (C=O) groups is 1. The van der Waals surface area contributed by atoms with Crippen molar-refractivity contribution < 1.29 is 18.5 Å². The van der Waals surface area contributed by atoms with Crippen molar-refractivity contribution in [1.82, 2.24) is 5.16 Å². The number of aromatic nitrogens is 1. The Bertz CT molecular complexity index is 1010. The minimum atomic E-state index is -0.538. The summed E-state index contributed by atoms with van der Waals surface area (Å²) in [5.74, 6) is 1.46. The van der Waals surface area contributed by atoms with Crippen LogP contribution in [0.3, 0.4) is 0 Å². The highest BCUT2D eigenvalue weighted by atomic mass is 16.6. The lowest BCUT2D eigenvalue weighted by Crippen LogP contribution is -2.07. The van der Waals surface area contributed by atoms with Gasteiger partial charge < -0.3 is 13.7 Å². The first-order valence-electron chi connectivity index (χ1n) is 7.73. The van der Waals surface area contributed by atoms with Gasteiger partial charge in [-0.25, -0.2) is 9.79 Å². The van der Waals surface area contributed by atoms with Crippen LogP contribution in [-0.2, 0) is 9.53 Å². The normalized spacial score (nSPS) is 15.5. The summed E-state index contributed by atoms with van der Waals surface area (Å²) < 4.78 is 16.1. The maximum Gasteiger partial charge on any atom is 0.363 e. The van der Waals surface area contributed by atoms with Gasteiger partial charge in [0.15, 0.2) is 5.70 Å². The molecule has 0 bridgehead atoms. The molecule has 0 N–H and O–H groups in total. The van der Waals surface area contributed by atoms with Crippen LogP contribution in [0, 0.1) is 13.8 Å². The highest BCUT2D eigenvalue weighted by molar-refractivity contribution is 6.15. The van der Waals surface area contributed by atoms with Gasteiger partial charge in [-0.2, -0.15) is 0 Å². The summed E-state index contributed by atoms with van der Waals surface area (Å²) in [7, 11) is 0. The number of furan rings is 1. The van der Waals surface area contributed by atoms with Gasteiger partial charge in [0.2, 0.25) is 5.90 Å². The lowest BCUT2D eigenvalue weighted by Gasteiger charge is -2.01. The van der Waals surface area contributed by atoms with Gasteiger partial charge in [-0.3, -0.25) is 0 Å². The average molecular weight is 334 g/mol. The molecule has 2 aromatic heterocycles. The molecule has 0 spiro atoms.